The van der Waals surface area contributed by atoms with Crippen molar-refractivity contribution in [3.63, 3.8) is 0 Å². The number of nitrogens with zero attached hydrogens (tertiary/aromatic N) is 4. The van der Waals surface area contributed by atoms with Crippen molar-refractivity contribution in [2.45, 2.75) is 96.4 Å². The molecule has 0 saturated carbocycles. The summed E-state index contributed by atoms with van der Waals surface area (Å²) in [5, 5.41) is 13.9. The summed E-state index contributed by atoms with van der Waals surface area (Å²) in [7, 11) is 2.48. The Balaban J connectivity index is 0.000000384. The van der Waals surface area contributed by atoms with Gasteiger partial charge in [-0.1, -0.05) is 74.5 Å². The van der Waals surface area contributed by atoms with Gasteiger partial charge in [-0.05, 0) is 110 Å². The molecule has 2 aromatic heterocycles. The number of carboxylic acids is 1. The fourth-order valence-corrected chi connectivity index (χ4v) is 8.82. The van der Waals surface area contributed by atoms with Crippen LogP contribution in [0.1, 0.15) is 102 Å². The molecule has 4 aromatic carbocycles. The van der Waals surface area contributed by atoms with Crippen molar-refractivity contribution in [2.24, 2.45) is 5.92 Å². The number of carbonyl (C=O) groups is 5. The van der Waals surface area contributed by atoms with E-state index in [9.17, 15) is 28.4 Å². The van der Waals surface area contributed by atoms with E-state index < -0.39 is 41.4 Å². The summed E-state index contributed by atoms with van der Waals surface area (Å²) in [5.74, 6) is -1.93. The first-order valence-corrected chi connectivity index (χ1v) is 23.4. The van der Waals surface area contributed by atoms with E-state index in [1.807, 2.05) is 51.9 Å². The van der Waals surface area contributed by atoms with Crippen molar-refractivity contribution in [1.29, 1.82) is 0 Å². The number of aliphatic carboxylic acids is 1. The van der Waals surface area contributed by atoms with Gasteiger partial charge in [-0.15, -0.1) is 0 Å². The van der Waals surface area contributed by atoms with Gasteiger partial charge in [-0.2, -0.15) is 0 Å². The molecule has 17 heteroatoms. The molecule has 4 N–H and O–H groups in total. The summed E-state index contributed by atoms with van der Waals surface area (Å²) in [6, 6.07) is 25.2. The minimum atomic E-state index is -1.14. The van der Waals surface area contributed by atoms with Crippen LogP contribution >= 0.6 is 0 Å². The number of H-pyrrole nitrogens is 2. The number of carbonyl (C=O) groups excluding carboxylic acids is 4. The highest BCUT2D eigenvalue weighted by Crippen LogP contribution is 2.36. The molecule has 0 spiro atoms. The molecule has 2 saturated heterocycles. The topological polar surface area (TPSA) is 209 Å². The molecule has 2 aliphatic rings. The number of alkyl carbamates (subject to hydrolysis) is 1. The zero-order chi connectivity index (χ0) is 50.3. The van der Waals surface area contributed by atoms with Crippen LogP contribution in [0.15, 0.2) is 97.3 Å². The number of rotatable bonds is 12. The maximum atomic E-state index is 13.6. The van der Waals surface area contributed by atoms with Crippen molar-refractivity contribution in [3.8, 4) is 33.6 Å². The van der Waals surface area contributed by atoms with Gasteiger partial charge in [0, 0.05) is 18.7 Å². The molecule has 4 atom stereocenters. The fourth-order valence-electron chi connectivity index (χ4n) is 8.82. The number of benzene rings is 4. The molecule has 0 unspecified atom stereocenters. The lowest BCUT2D eigenvalue weighted by Crippen LogP contribution is -2.51. The van der Waals surface area contributed by atoms with Crippen LogP contribution in [0.4, 0.5) is 14.0 Å². The third kappa shape index (κ3) is 12.0. The summed E-state index contributed by atoms with van der Waals surface area (Å²) < 4.78 is 27.4. The van der Waals surface area contributed by atoms with Gasteiger partial charge in [-0.3, -0.25) is 19.3 Å². The third-order valence-electron chi connectivity index (χ3n) is 12.5. The summed E-state index contributed by atoms with van der Waals surface area (Å²) >= 11 is 0. The number of hydrogen-bond donors (Lipinski definition) is 4. The van der Waals surface area contributed by atoms with Crippen molar-refractivity contribution in [1.82, 2.24) is 35.1 Å². The van der Waals surface area contributed by atoms with Crippen LogP contribution < -0.4 is 5.32 Å². The standard InChI is InChI=1S/C42H49N7O5.C11H11FO4/c1-25(2)36(47-40(51)53-6)39(50)48-19-7-9-34(48)37-44-24-33(46-37)31-18-17-29-21-28(15-16-30(29)22-31)26-11-13-27(14-12-26)32-23-43-38(45-32)35-10-8-20-49(35)41(52)54-42(3,4)5;1-16-10(13)6-9(11(14)15)7-2-4-8(12)5-3-7/h11-18,21-25,34-36H,7-10,19-20H2,1-6H3,(H,43,45)(H,44,46)(H,47,51);2-5,9H,6H2,1H3,(H,14,15)/t34-,35-,36-;9-/m00/s1. The van der Waals surface area contributed by atoms with E-state index in [4.69, 9.17) is 19.6 Å². The first-order valence-electron chi connectivity index (χ1n) is 23.4. The first-order chi connectivity index (χ1) is 33.4. The molecule has 0 aliphatic carbocycles. The van der Waals surface area contributed by atoms with Gasteiger partial charge in [0.1, 0.15) is 29.1 Å². The Morgan fingerprint density at radius 2 is 1.27 bits per heavy atom. The highest BCUT2D eigenvalue weighted by molar-refractivity contribution is 5.91. The first kappa shape index (κ1) is 50.3. The maximum Gasteiger partial charge on any atom is 0.410 e. The molecular formula is C53H60FN7O9. The number of nitrogens with one attached hydrogen (secondary N) is 3. The number of aromatic amines is 2. The number of aromatic nitrogens is 4. The Labute approximate surface area is 405 Å². The maximum absolute atomic E-state index is 13.6. The number of esters is 1. The van der Waals surface area contributed by atoms with Crippen LogP contribution in [0.2, 0.25) is 0 Å². The van der Waals surface area contributed by atoms with Crippen molar-refractivity contribution in [3.05, 3.63) is 120 Å². The normalized spacial score (nSPS) is 16.6. The largest absolute Gasteiger partial charge is 0.481 e. The molecule has 8 rings (SSSR count). The second-order valence-electron chi connectivity index (χ2n) is 18.8. The average Bonchev–Trinajstić information content (AvgIpc) is 4.19. The van der Waals surface area contributed by atoms with Gasteiger partial charge in [0.05, 0.1) is 62.4 Å². The van der Waals surface area contributed by atoms with E-state index >= 15 is 0 Å². The molecular weight excluding hydrogens is 898 g/mol. The number of carboxylic acid groups (broad SMARTS) is 1. The quantitative estimate of drug-likeness (QED) is 0.0670. The summed E-state index contributed by atoms with van der Waals surface area (Å²) in [5.41, 5.74) is 5.86. The lowest BCUT2D eigenvalue weighted by molar-refractivity contribution is -0.147. The second-order valence-corrected chi connectivity index (χ2v) is 18.8. The zero-order valence-corrected chi connectivity index (χ0v) is 40.5. The monoisotopic (exact) mass is 957 g/mol. The Morgan fingerprint density at radius 3 is 1.83 bits per heavy atom. The molecule has 6 aromatic rings. The predicted molar refractivity (Wildman–Crippen MR) is 261 cm³/mol. The van der Waals surface area contributed by atoms with Crippen LogP contribution in [-0.4, -0.2) is 104 Å². The van der Waals surface area contributed by atoms with E-state index in [0.29, 0.717) is 18.7 Å². The number of amides is 3. The average molecular weight is 958 g/mol. The fraction of sp³-hybridized carbons (Fsp3) is 0.377. The van der Waals surface area contributed by atoms with Gasteiger partial charge in [0.15, 0.2) is 0 Å². The molecule has 70 heavy (non-hydrogen) atoms. The number of ether oxygens (including phenoxy) is 3. The molecule has 3 amide bonds. The molecule has 0 radical (unpaired) electrons. The SMILES string of the molecule is COC(=O)C[C@H](C(=O)O)c1ccc(F)cc1.COC(=O)N[C@H](C(=O)N1CCC[C@H]1c1ncc(-c2ccc3cc(-c4ccc(-c5cnc([C@@H]6CCCN6C(=O)OC(C)(C)C)[nH]5)cc4)ccc3c2)[nH]1)C(C)C. The second kappa shape index (κ2) is 21.8. The number of likely N-dealkylation sites (tertiary alicyclic amines) is 2. The van der Waals surface area contributed by atoms with E-state index in [-0.39, 0.29) is 36.4 Å². The highest BCUT2D eigenvalue weighted by Gasteiger charge is 2.38. The van der Waals surface area contributed by atoms with E-state index in [2.05, 4.69) is 85.7 Å². The van der Waals surface area contributed by atoms with Crippen molar-refractivity contribution >= 4 is 40.8 Å². The Morgan fingerprint density at radius 1 is 0.743 bits per heavy atom. The van der Waals surface area contributed by atoms with Crippen molar-refractivity contribution in [2.75, 3.05) is 27.3 Å². The van der Waals surface area contributed by atoms with Gasteiger partial charge < -0.3 is 39.5 Å². The zero-order valence-electron chi connectivity index (χ0n) is 40.5. The number of methoxy groups -OCH3 is 2. The minimum Gasteiger partial charge on any atom is -0.481 e. The smallest absolute Gasteiger partial charge is 0.410 e. The number of hydrogen-bond acceptors (Lipinski definition) is 10. The van der Waals surface area contributed by atoms with Crippen LogP contribution in [0.5, 0.6) is 0 Å². The molecule has 16 nitrogen and oxygen atoms in total. The van der Waals surface area contributed by atoms with Crippen LogP contribution in [0.3, 0.4) is 0 Å². The molecule has 2 aliphatic heterocycles. The van der Waals surface area contributed by atoms with Gasteiger partial charge in [-0.25, -0.2) is 23.9 Å². The number of fused-ring (bicyclic) bond motifs is 1. The third-order valence-corrected chi connectivity index (χ3v) is 12.5. The highest BCUT2D eigenvalue weighted by atomic mass is 19.1. The summed E-state index contributed by atoms with van der Waals surface area (Å²) in [6.45, 7) is 10.7. The number of halogens is 1. The van der Waals surface area contributed by atoms with Crippen LogP contribution in [0.25, 0.3) is 44.4 Å². The summed E-state index contributed by atoms with van der Waals surface area (Å²) in [6.07, 6.45) is 5.88. The van der Waals surface area contributed by atoms with Gasteiger partial charge >= 0.3 is 24.1 Å². The van der Waals surface area contributed by atoms with Gasteiger partial charge in [0.25, 0.3) is 0 Å². The number of imidazole rings is 2. The Bertz CT molecular complexity index is 2820. The van der Waals surface area contributed by atoms with Crippen LogP contribution in [-0.2, 0) is 28.6 Å². The van der Waals surface area contributed by atoms with E-state index in [1.165, 1.54) is 26.4 Å². The molecule has 368 valence electrons. The van der Waals surface area contributed by atoms with Crippen LogP contribution in [0, 0.1) is 11.7 Å². The predicted octanol–water partition coefficient (Wildman–Crippen LogP) is 9.96. The lowest BCUT2D eigenvalue weighted by atomic mass is 9.96. The summed E-state index contributed by atoms with van der Waals surface area (Å²) in [4.78, 5) is 80.2. The Kier molecular flexibility index (Phi) is 15.7. The minimum absolute atomic E-state index is 0.0963. The Hall–Kier alpha value is -7.56. The lowest BCUT2D eigenvalue weighted by Gasteiger charge is -2.30. The van der Waals surface area contributed by atoms with Gasteiger partial charge in [0.2, 0.25) is 5.91 Å². The van der Waals surface area contributed by atoms with E-state index in [1.54, 1.807) is 4.90 Å². The van der Waals surface area contributed by atoms with Crippen molar-refractivity contribution < 1.29 is 47.7 Å². The molecule has 2 fully saturated rings. The van der Waals surface area contributed by atoms with E-state index in [0.717, 1.165) is 93.9 Å². The molecule has 0 bridgehead atoms. The molecule has 4 heterocycles.